The normalized spacial score (nSPS) is 20.9. The fraction of sp³-hybridized carbons (Fsp3) is 0.440. The Hall–Kier alpha value is -2.33. The second kappa shape index (κ2) is 9.00. The molecule has 1 atom stereocenters. The van der Waals surface area contributed by atoms with Gasteiger partial charge in [-0.05, 0) is 88.0 Å². The zero-order valence-electron chi connectivity index (χ0n) is 16.8. The average molecular weight is 394 g/mol. The molecule has 0 amide bonds. The van der Waals surface area contributed by atoms with Gasteiger partial charge in [0.25, 0.3) is 0 Å². The smallest absolute Gasteiger partial charge is 0.166 e. The SMILES string of the molecule is O=C(c1ccc(F)cc1)C1CCN(CCC2CCCc3ccccc3C2=O)CC1. The van der Waals surface area contributed by atoms with Crippen LogP contribution >= 0.6 is 0 Å². The molecule has 2 aromatic carbocycles. The molecule has 1 fully saturated rings. The molecule has 0 bridgehead atoms. The van der Waals surface area contributed by atoms with Crippen LogP contribution in [0.5, 0.6) is 0 Å². The van der Waals surface area contributed by atoms with E-state index in [4.69, 9.17) is 0 Å². The number of rotatable bonds is 5. The van der Waals surface area contributed by atoms with Crippen molar-refractivity contribution in [3.05, 3.63) is 71.0 Å². The minimum absolute atomic E-state index is 0.0168. The highest BCUT2D eigenvalue weighted by molar-refractivity contribution is 5.99. The maximum atomic E-state index is 13.1. The maximum absolute atomic E-state index is 13.1. The molecule has 0 radical (unpaired) electrons. The Morgan fingerprint density at radius 3 is 2.48 bits per heavy atom. The number of carbonyl (C=O) groups is 2. The lowest BCUT2D eigenvalue weighted by Gasteiger charge is -2.32. The van der Waals surface area contributed by atoms with Gasteiger partial charge in [-0.3, -0.25) is 9.59 Å². The number of hydrogen-bond acceptors (Lipinski definition) is 3. The third-order valence-electron chi connectivity index (χ3n) is 6.53. The number of hydrogen-bond donors (Lipinski definition) is 0. The van der Waals surface area contributed by atoms with E-state index in [-0.39, 0.29) is 23.4 Å². The third-order valence-corrected chi connectivity index (χ3v) is 6.53. The van der Waals surface area contributed by atoms with Gasteiger partial charge in [0.05, 0.1) is 0 Å². The Morgan fingerprint density at radius 1 is 1.00 bits per heavy atom. The summed E-state index contributed by atoms with van der Waals surface area (Å²) in [7, 11) is 0. The molecular formula is C25H28FNO2. The standard InChI is InChI=1S/C25H28FNO2/c26-22-10-8-20(9-11-22)24(28)21-13-16-27(17-14-21)15-12-19-6-3-5-18-4-1-2-7-23(18)25(19)29/h1-2,4,7-11,19,21H,3,5-6,12-17H2. The topological polar surface area (TPSA) is 37.4 Å². The lowest BCUT2D eigenvalue weighted by molar-refractivity contribution is 0.0824. The first-order valence-electron chi connectivity index (χ1n) is 10.8. The van der Waals surface area contributed by atoms with Crippen molar-refractivity contribution in [1.29, 1.82) is 0 Å². The molecule has 29 heavy (non-hydrogen) atoms. The van der Waals surface area contributed by atoms with Crippen LogP contribution in [0.3, 0.4) is 0 Å². The van der Waals surface area contributed by atoms with Gasteiger partial charge in [0.2, 0.25) is 0 Å². The average Bonchev–Trinajstić information content (AvgIpc) is 2.92. The highest BCUT2D eigenvalue weighted by Gasteiger charge is 2.28. The Kier molecular flexibility index (Phi) is 6.19. The second-order valence-electron chi connectivity index (χ2n) is 8.39. The number of carbonyl (C=O) groups excluding carboxylic acids is 2. The number of fused-ring (bicyclic) bond motifs is 1. The molecule has 3 nitrogen and oxygen atoms in total. The molecule has 0 N–H and O–H groups in total. The summed E-state index contributed by atoms with van der Waals surface area (Å²) in [4.78, 5) is 28.0. The van der Waals surface area contributed by atoms with Gasteiger partial charge in [-0.15, -0.1) is 0 Å². The zero-order chi connectivity index (χ0) is 20.2. The number of piperidine rings is 1. The van der Waals surface area contributed by atoms with Gasteiger partial charge in [-0.1, -0.05) is 24.3 Å². The number of benzene rings is 2. The van der Waals surface area contributed by atoms with Gasteiger partial charge in [-0.2, -0.15) is 0 Å². The van der Waals surface area contributed by atoms with Crippen LogP contribution in [0.2, 0.25) is 0 Å². The molecule has 152 valence electrons. The number of halogens is 1. The lowest BCUT2D eigenvalue weighted by Crippen LogP contribution is -2.37. The first-order chi connectivity index (χ1) is 14.1. The molecule has 1 aliphatic carbocycles. The van der Waals surface area contributed by atoms with E-state index in [0.717, 1.165) is 63.7 Å². The molecule has 0 aromatic heterocycles. The molecule has 1 aliphatic heterocycles. The summed E-state index contributed by atoms with van der Waals surface area (Å²) in [6, 6.07) is 13.9. The fourth-order valence-electron chi connectivity index (χ4n) is 4.75. The van der Waals surface area contributed by atoms with Gasteiger partial charge in [0.1, 0.15) is 5.82 Å². The highest BCUT2D eigenvalue weighted by atomic mass is 19.1. The summed E-state index contributed by atoms with van der Waals surface area (Å²) in [5.41, 5.74) is 2.71. The summed E-state index contributed by atoms with van der Waals surface area (Å²) in [6.07, 6.45) is 5.59. The predicted molar refractivity (Wildman–Crippen MR) is 112 cm³/mol. The molecule has 0 spiro atoms. The van der Waals surface area contributed by atoms with Gasteiger partial charge in [-0.25, -0.2) is 4.39 Å². The molecule has 1 heterocycles. The van der Waals surface area contributed by atoms with Crippen molar-refractivity contribution >= 4 is 11.6 Å². The van der Waals surface area contributed by atoms with Crippen LogP contribution in [0.1, 0.15) is 58.4 Å². The van der Waals surface area contributed by atoms with Crippen LogP contribution in [-0.2, 0) is 6.42 Å². The zero-order valence-corrected chi connectivity index (χ0v) is 16.8. The van der Waals surface area contributed by atoms with Crippen molar-refractivity contribution in [3.63, 3.8) is 0 Å². The molecule has 1 unspecified atom stereocenters. The van der Waals surface area contributed by atoms with Gasteiger partial charge in [0.15, 0.2) is 11.6 Å². The van der Waals surface area contributed by atoms with E-state index in [0.29, 0.717) is 11.3 Å². The Balaban J connectivity index is 1.28. The summed E-state index contributed by atoms with van der Waals surface area (Å²) >= 11 is 0. The van der Waals surface area contributed by atoms with E-state index in [1.165, 1.54) is 17.7 Å². The van der Waals surface area contributed by atoms with Gasteiger partial charge in [0, 0.05) is 23.0 Å². The molecule has 2 aliphatic rings. The van der Waals surface area contributed by atoms with Crippen molar-refractivity contribution in [2.45, 2.75) is 38.5 Å². The molecule has 0 saturated carbocycles. The summed E-state index contributed by atoms with van der Waals surface area (Å²) in [5.74, 6) is 0.243. The monoisotopic (exact) mass is 393 g/mol. The van der Waals surface area contributed by atoms with Crippen LogP contribution in [0.25, 0.3) is 0 Å². The number of Topliss-reactive ketones (excluding diaryl/α,β-unsaturated/α-hetero) is 2. The summed E-state index contributed by atoms with van der Waals surface area (Å²) in [6.45, 7) is 2.68. The number of ketones is 2. The number of nitrogens with zero attached hydrogens (tertiary/aromatic N) is 1. The lowest BCUT2D eigenvalue weighted by atomic mass is 9.88. The maximum Gasteiger partial charge on any atom is 0.166 e. The first kappa shape index (κ1) is 20.0. The van der Waals surface area contributed by atoms with Crippen LogP contribution in [0.15, 0.2) is 48.5 Å². The molecular weight excluding hydrogens is 365 g/mol. The van der Waals surface area contributed by atoms with Crippen molar-refractivity contribution in [3.8, 4) is 0 Å². The van der Waals surface area contributed by atoms with Crippen molar-refractivity contribution in [1.82, 2.24) is 4.90 Å². The molecule has 4 heteroatoms. The van der Waals surface area contributed by atoms with E-state index < -0.39 is 0 Å². The Labute approximate surface area is 171 Å². The number of likely N-dealkylation sites (tertiary alicyclic amines) is 1. The first-order valence-corrected chi connectivity index (χ1v) is 10.8. The van der Waals surface area contributed by atoms with E-state index in [1.807, 2.05) is 18.2 Å². The quantitative estimate of drug-likeness (QED) is 0.533. The third kappa shape index (κ3) is 4.64. The minimum atomic E-state index is -0.313. The van der Waals surface area contributed by atoms with E-state index in [9.17, 15) is 14.0 Å². The minimum Gasteiger partial charge on any atom is -0.303 e. The van der Waals surface area contributed by atoms with Crippen LogP contribution in [-0.4, -0.2) is 36.1 Å². The van der Waals surface area contributed by atoms with Crippen LogP contribution in [0.4, 0.5) is 4.39 Å². The van der Waals surface area contributed by atoms with E-state index in [2.05, 4.69) is 11.0 Å². The Bertz CT molecular complexity index is 869. The number of aryl methyl sites for hydroxylation is 1. The van der Waals surface area contributed by atoms with Crippen molar-refractivity contribution < 1.29 is 14.0 Å². The van der Waals surface area contributed by atoms with Gasteiger partial charge >= 0.3 is 0 Å². The van der Waals surface area contributed by atoms with Crippen LogP contribution < -0.4 is 0 Å². The summed E-state index contributed by atoms with van der Waals surface area (Å²) < 4.78 is 13.1. The molecule has 1 saturated heterocycles. The fourth-order valence-corrected chi connectivity index (χ4v) is 4.75. The predicted octanol–water partition coefficient (Wildman–Crippen LogP) is 4.95. The molecule has 4 rings (SSSR count). The van der Waals surface area contributed by atoms with E-state index >= 15 is 0 Å². The van der Waals surface area contributed by atoms with Gasteiger partial charge < -0.3 is 4.90 Å². The van der Waals surface area contributed by atoms with Crippen molar-refractivity contribution in [2.75, 3.05) is 19.6 Å². The van der Waals surface area contributed by atoms with Crippen LogP contribution in [0, 0.1) is 17.7 Å². The second-order valence-corrected chi connectivity index (χ2v) is 8.39. The van der Waals surface area contributed by atoms with E-state index in [1.54, 1.807) is 12.1 Å². The largest absolute Gasteiger partial charge is 0.303 e. The Morgan fingerprint density at radius 2 is 1.72 bits per heavy atom. The molecule has 2 aromatic rings. The highest BCUT2D eigenvalue weighted by Crippen LogP contribution is 2.28. The van der Waals surface area contributed by atoms with Crippen molar-refractivity contribution in [2.24, 2.45) is 11.8 Å². The summed E-state index contributed by atoms with van der Waals surface area (Å²) in [5, 5.41) is 0.